The highest BCUT2D eigenvalue weighted by atomic mass is 15.2. The van der Waals surface area contributed by atoms with Crippen LogP contribution in [0.15, 0.2) is 0 Å². The van der Waals surface area contributed by atoms with Crippen molar-refractivity contribution in [3.63, 3.8) is 0 Å². The van der Waals surface area contributed by atoms with Crippen LogP contribution in [-0.4, -0.2) is 36.6 Å². The molecule has 0 amide bonds. The van der Waals surface area contributed by atoms with Crippen molar-refractivity contribution < 1.29 is 0 Å². The maximum Gasteiger partial charge on any atom is 0.0321 e. The lowest BCUT2D eigenvalue weighted by molar-refractivity contribution is 0.289. The van der Waals surface area contributed by atoms with E-state index in [-0.39, 0.29) is 0 Å². The molecule has 2 saturated heterocycles. The number of hydrogen-bond donors (Lipinski definition) is 1. The van der Waals surface area contributed by atoms with Crippen molar-refractivity contribution in [2.24, 2.45) is 5.92 Å². The minimum Gasteiger partial charge on any atom is -0.310 e. The van der Waals surface area contributed by atoms with Crippen molar-refractivity contribution in [1.29, 1.82) is 0 Å². The van der Waals surface area contributed by atoms with Gasteiger partial charge in [-0.1, -0.05) is 12.8 Å². The van der Waals surface area contributed by atoms with E-state index >= 15 is 0 Å². The summed E-state index contributed by atoms with van der Waals surface area (Å²) in [5.74, 6) is 1.10. The first-order valence-corrected chi connectivity index (χ1v) is 6.34. The summed E-state index contributed by atoms with van der Waals surface area (Å²) in [7, 11) is 0. The van der Waals surface area contributed by atoms with Crippen LogP contribution in [0.1, 0.15) is 38.5 Å². The van der Waals surface area contributed by atoms with Crippen LogP contribution >= 0.6 is 0 Å². The zero-order chi connectivity index (χ0) is 9.43. The fraction of sp³-hybridized carbons (Fsp3) is 1.00. The molecule has 0 aromatic heterocycles. The molecular weight excluding hydrogens is 172 g/mol. The van der Waals surface area contributed by atoms with Gasteiger partial charge in [0.25, 0.3) is 0 Å². The smallest absolute Gasteiger partial charge is 0.0321 e. The monoisotopic (exact) mass is 194 g/mol. The standard InChI is InChI=1S/C12H22N2/c1-5-12(13-7-1)6-9-14(10-12)8-4-11-2-3-11/h11,13H,1-10H2. The molecule has 1 saturated carbocycles. The largest absolute Gasteiger partial charge is 0.310 e. The maximum absolute atomic E-state index is 3.72. The van der Waals surface area contributed by atoms with Crippen molar-refractivity contribution in [3.8, 4) is 0 Å². The molecule has 2 heteroatoms. The zero-order valence-corrected chi connectivity index (χ0v) is 9.10. The van der Waals surface area contributed by atoms with E-state index in [2.05, 4.69) is 10.2 Å². The van der Waals surface area contributed by atoms with E-state index in [1.54, 1.807) is 0 Å². The van der Waals surface area contributed by atoms with E-state index in [0.717, 1.165) is 5.92 Å². The Morgan fingerprint density at radius 3 is 2.93 bits per heavy atom. The molecular formula is C12H22N2. The average molecular weight is 194 g/mol. The van der Waals surface area contributed by atoms with Crippen LogP contribution in [0.5, 0.6) is 0 Å². The molecule has 1 spiro atoms. The number of hydrogen-bond acceptors (Lipinski definition) is 2. The topological polar surface area (TPSA) is 15.3 Å². The fourth-order valence-electron chi connectivity index (χ4n) is 3.14. The van der Waals surface area contributed by atoms with Gasteiger partial charge >= 0.3 is 0 Å². The molecule has 1 atom stereocenters. The number of likely N-dealkylation sites (tertiary alicyclic amines) is 1. The fourth-order valence-corrected chi connectivity index (χ4v) is 3.14. The van der Waals surface area contributed by atoms with E-state index < -0.39 is 0 Å². The van der Waals surface area contributed by atoms with Gasteiger partial charge in [-0.15, -0.1) is 0 Å². The molecule has 1 N–H and O–H groups in total. The normalized spacial score (nSPS) is 38.6. The highest BCUT2D eigenvalue weighted by Gasteiger charge is 2.39. The van der Waals surface area contributed by atoms with Crippen molar-refractivity contribution in [3.05, 3.63) is 0 Å². The van der Waals surface area contributed by atoms with E-state index in [9.17, 15) is 0 Å². The van der Waals surface area contributed by atoms with Gasteiger partial charge in [-0.2, -0.15) is 0 Å². The summed E-state index contributed by atoms with van der Waals surface area (Å²) in [5, 5.41) is 3.72. The minimum absolute atomic E-state index is 0.545. The van der Waals surface area contributed by atoms with Gasteiger partial charge in [0.05, 0.1) is 0 Å². The summed E-state index contributed by atoms with van der Waals surface area (Å²) < 4.78 is 0. The van der Waals surface area contributed by atoms with E-state index in [4.69, 9.17) is 0 Å². The van der Waals surface area contributed by atoms with E-state index in [1.165, 1.54) is 64.7 Å². The molecule has 0 aromatic rings. The van der Waals surface area contributed by atoms with Crippen LogP contribution in [0.3, 0.4) is 0 Å². The van der Waals surface area contributed by atoms with Gasteiger partial charge in [-0.25, -0.2) is 0 Å². The second kappa shape index (κ2) is 3.49. The molecule has 0 radical (unpaired) electrons. The Hall–Kier alpha value is -0.0800. The molecule has 2 nitrogen and oxygen atoms in total. The van der Waals surface area contributed by atoms with Crippen molar-refractivity contribution in [2.45, 2.75) is 44.1 Å². The lowest BCUT2D eigenvalue weighted by Gasteiger charge is -2.24. The van der Waals surface area contributed by atoms with Gasteiger partial charge in [0, 0.05) is 18.6 Å². The quantitative estimate of drug-likeness (QED) is 0.734. The summed E-state index contributed by atoms with van der Waals surface area (Å²) in [6.07, 6.45) is 8.71. The molecule has 2 heterocycles. The second-order valence-electron chi connectivity index (χ2n) is 5.57. The minimum atomic E-state index is 0.545. The average Bonchev–Trinajstić information content (AvgIpc) is 2.79. The van der Waals surface area contributed by atoms with Crippen LogP contribution in [0.4, 0.5) is 0 Å². The Morgan fingerprint density at radius 1 is 1.29 bits per heavy atom. The molecule has 80 valence electrons. The summed E-state index contributed by atoms with van der Waals surface area (Å²) in [5.41, 5.74) is 0.545. The second-order valence-corrected chi connectivity index (χ2v) is 5.57. The Bertz CT molecular complexity index is 204. The van der Waals surface area contributed by atoms with Crippen LogP contribution < -0.4 is 5.32 Å². The Kier molecular flexibility index (Phi) is 2.29. The van der Waals surface area contributed by atoms with Crippen LogP contribution in [0.2, 0.25) is 0 Å². The summed E-state index contributed by atoms with van der Waals surface area (Å²) in [6.45, 7) is 5.31. The molecule has 14 heavy (non-hydrogen) atoms. The zero-order valence-electron chi connectivity index (χ0n) is 9.10. The van der Waals surface area contributed by atoms with Crippen molar-refractivity contribution in [1.82, 2.24) is 10.2 Å². The SMILES string of the molecule is C1CNC2(C1)CCN(CCC1CC1)C2. The third-order valence-corrected chi connectivity index (χ3v) is 4.32. The van der Waals surface area contributed by atoms with Gasteiger partial charge in [0.2, 0.25) is 0 Å². The summed E-state index contributed by atoms with van der Waals surface area (Å²) >= 11 is 0. The summed E-state index contributed by atoms with van der Waals surface area (Å²) in [6, 6.07) is 0. The molecule has 1 unspecified atom stereocenters. The van der Waals surface area contributed by atoms with Gasteiger partial charge in [-0.3, -0.25) is 0 Å². The van der Waals surface area contributed by atoms with Gasteiger partial charge in [0.1, 0.15) is 0 Å². The first-order chi connectivity index (χ1) is 6.86. The first-order valence-electron chi connectivity index (χ1n) is 6.34. The van der Waals surface area contributed by atoms with Gasteiger partial charge < -0.3 is 10.2 Å². The first kappa shape index (κ1) is 9.17. The van der Waals surface area contributed by atoms with E-state index in [0.29, 0.717) is 5.54 Å². The predicted molar refractivity (Wildman–Crippen MR) is 58.4 cm³/mol. The highest BCUT2D eigenvalue weighted by molar-refractivity contribution is 5.00. The lowest BCUT2D eigenvalue weighted by atomic mass is 9.97. The molecule has 3 aliphatic rings. The van der Waals surface area contributed by atoms with E-state index in [1.807, 2.05) is 0 Å². The van der Waals surface area contributed by atoms with Gasteiger partial charge in [0.15, 0.2) is 0 Å². The molecule has 3 rings (SSSR count). The Morgan fingerprint density at radius 2 is 2.21 bits per heavy atom. The third kappa shape index (κ3) is 1.82. The van der Waals surface area contributed by atoms with Crippen LogP contribution in [0, 0.1) is 5.92 Å². The van der Waals surface area contributed by atoms with Gasteiger partial charge in [-0.05, 0) is 44.7 Å². The predicted octanol–water partition coefficient (Wildman–Crippen LogP) is 1.61. The van der Waals surface area contributed by atoms with Crippen LogP contribution in [0.25, 0.3) is 0 Å². The molecule has 1 aliphatic carbocycles. The Balaban J connectivity index is 1.48. The number of nitrogens with one attached hydrogen (secondary N) is 1. The highest BCUT2D eigenvalue weighted by Crippen LogP contribution is 2.34. The number of rotatable bonds is 3. The number of nitrogens with zero attached hydrogens (tertiary/aromatic N) is 1. The summed E-state index contributed by atoms with van der Waals surface area (Å²) in [4.78, 5) is 2.69. The molecule has 0 bridgehead atoms. The van der Waals surface area contributed by atoms with Crippen LogP contribution in [-0.2, 0) is 0 Å². The van der Waals surface area contributed by atoms with Crippen molar-refractivity contribution >= 4 is 0 Å². The van der Waals surface area contributed by atoms with Crippen molar-refractivity contribution in [2.75, 3.05) is 26.2 Å². The lowest BCUT2D eigenvalue weighted by Crippen LogP contribution is -2.42. The molecule has 0 aromatic carbocycles. The third-order valence-electron chi connectivity index (χ3n) is 4.32. The Labute approximate surface area is 87.0 Å². The molecule has 3 fully saturated rings. The maximum atomic E-state index is 3.72. The molecule has 2 aliphatic heterocycles.